The molecule has 0 saturated carbocycles. The highest BCUT2D eigenvalue weighted by Gasteiger charge is 2.15. The molecule has 1 N–H and O–H groups in total. The molecule has 0 saturated heterocycles. The third-order valence-electron chi connectivity index (χ3n) is 4.16. The summed E-state index contributed by atoms with van der Waals surface area (Å²) in [7, 11) is 0. The Balaban J connectivity index is 0.00000182. The smallest absolute Gasteiger partial charge is 0.338 e. The van der Waals surface area contributed by atoms with Crippen molar-refractivity contribution in [2.45, 2.75) is 13.8 Å². The van der Waals surface area contributed by atoms with Crippen LogP contribution in [0.2, 0.25) is 0 Å². The number of aryl methyl sites for hydroxylation is 1. The van der Waals surface area contributed by atoms with Crippen LogP contribution in [0.1, 0.15) is 24.4 Å². The number of aromatic nitrogens is 3. The van der Waals surface area contributed by atoms with Gasteiger partial charge in [0.1, 0.15) is 11.3 Å². The van der Waals surface area contributed by atoms with Gasteiger partial charge in [0.25, 0.3) is 0 Å². The van der Waals surface area contributed by atoms with Crippen molar-refractivity contribution < 1.29 is 11.0 Å². The van der Waals surface area contributed by atoms with E-state index in [0.717, 1.165) is 33.6 Å². The average molecular weight is 321 g/mol. The summed E-state index contributed by atoms with van der Waals surface area (Å²) in [6.45, 7) is 4.17. The highest BCUT2D eigenvalue weighted by atomic mass is 16.5. The summed E-state index contributed by atoms with van der Waals surface area (Å²) >= 11 is 0. The SMILES string of the molecule is CCOC(=O)c1ccn2c(C)c(-c3cc4ccccc4[nH]3)nc2c1.[HH]. The average Bonchev–Trinajstić information content (AvgIpc) is 3.16. The number of pyridine rings is 1. The fourth-order valence-corrected chi connectivity index (χ4v) is 2.96. The Morgan fingerprint density at radius 1 is 1.29 bits per heavy atom. The summed E-state index contributed by atoms with van der Waals surface area (Å²) in [5.41, 5.74) is 5.19. The van der Waals surface area contributed by atoms with Gasteiger partial charge in [0, 0.05) is 24.2 Å². The van der Waals surface area contributed by atoms with E-state index in [1.54, 1.807) is 19.1 Å². The Labute approximate surface area is 140 Å². The van der Waals surface area contributed by atoms with Crippen molar-refractivity contribution in [3.8, 4) is 11.4 Å². The molecule has 24 heavy (non-hydrogen) atoms. The van der Waals surface area contributed by atoms with E-state index in [1.807, 2.05) is 35.7 Å². The van der Waals surface area contributed by atoms with Gasteiger partial charge in [0.05, 0.1) is 17.9 Å². The highest BCUT2D eigenvalue weighted by molar-refractivity contribution is 5.91. The van der Waals surface area contributed by atoms with Crippen LogP contribution >= 0.6 is 0 Å². The summed E-state index contributed by atoms with van der Waals surface area (Å²) in [6, 6.07) is 13.7. The predicted molar refractivity (Wildman–Crippen MR) is 95.3 cm³/mol. The molecule has 0 aliphatic carbocycles. The summed E-state index contributed by atoms with van der Waals surface area (Å²) < 4.78 is 7.03. The largest absolute Gasteiger partial charge is 0.462 e. The molecule has 1 aromatic carbocycles. The van der Waals surface area contributed by atoms with Crippen LogP contribution in [-0.2, 0) is 4.74 Å². The first-order chi connectivity index (χ1) is 11.7. The van der Waals surface area contributed by atoms with E-state index >= 15 is 0 Å². The molecular weight excluding hydrogens is 302 g/mol. The number of rotatable bonds is 3. The maximum Gasteiger partial charge on any atom is 0.338 e. The van der Waals surface area contributed by atoms with Crippen LogP contribution < -0.4 is 0 Å². The number of imidazole rings is 1. The minimum Gasteiger partial charge on any atom is -0.462 e. The molecule has 0 spiro atoms. The second-order valence-corrected chi connectivity index (χ2v) is 5.68. The number of hydrogen-bond donors (Lipinski definition) is 1. The van der Waals surface area contributed by atoms with E-state index in [1.165, 1.54) is 0 Å². The lowest BCUT2D eigenvalue weighted by Crippen LogP contribution is -2.05. The van der Waals surface area contributed by atoms with Crippen molar-refractivity contribution in [3.05, 3.63) is 59.9 Å². The number of esters is 1. The third-order valence-corrected chi connectivity index (χ3v) is 4.16. The van der Waals surface area contributed by atoms with Crippen molar-refractivity contribution in [3.63, 3.8) is 0 Å². The van der Waals surface area contributed by atoms with Gasteiger partial charge in [-0.25, -0.2) is 9.78 Å². The maximum absolute atomic E-state index is 11.9. The molecule has 0 atom stereocenters. The van der Waals surface area contributed by atoms with Gasteiger partial charge in [0.15, 0.2) is 0 Å². The fourth-order valence-electron chi connectivity index (χ4n) is 2.96. The molecule has 0 radical (unpaired) electrons. The summed E-state index contributed by atoms with van der Waals surface area (Å²) in [6.07, 6.45) is 1.86. The Bertz CT molecular complexity index is 1030. The summed E-state index contributed by atoms with van der Waals surface area (Å²) in [5.74, 6) is -0.326. The first-order valence-corrected chi connectivity index (χ1v) is 7.91. The molecule has 0 fully saturated rings. The molecule has 4 aromatic rings. The van der Waals surface area contributed by atoms with E-state index in [9.17, 15) is 4.79 Å². The van der Waals surface area contributed by atoms with Crippen molar-refractivity contribution in [1.29, 1.82) is 0 Å². The Morgan fingerprint density at radius 3 is 2.92 bits per heavy atom. The van der Waals surface area contributed by atoms with Gasteiger partial charge in [-0.3, -0.25) is 0 Å². The second kappa shape index (κ2) is 5.53. The second-order valence-electron chi connectivity index (χ2n) is 5.68. The van der Waals surface area contributed by atoms with Crippen molar-refractivity contribution in [2.75, 3.05) is 6.61 Å². The first-order valence-electron chi connectivity index (χ1n) is 7.91. The molecule has 0 bridgehead atoms. The topological polar surface area (TPSA) is 59.4 Å². The molecule has 3 aromatic heterocycles. The van der Waals surface area contributed by atoms with Gasteiger partial charge in [-0.1, -0.05) is 18.2 Å². The van der Waals surface area contributed by atoms with Gasteiger partial charge >= 0.3 is 5.97 Å². The van der Waals surface area contributed by atoms with E-state index in [4.69, 9.17) is 9.72 Å². The predicted octanol–water partition coefficient (Wildman–Crippen LogP) is 4.21. The van der Waals surface area contributed by atoms with Gasteiger partial charge in [0.2, 0.25) is 0 Å². The number of H-pyrrole nitrogens is 1. The lowest BCUT2D eigenvalue weighted by molar-refractivity contribution is 0.0526. The molecule has 5 heteroatoms. The molecule has 5 nitrogen and oxygen atoms in total. The van der Waals surface area contributed by atoms with Crippen LogP contribution in [0, 0.1) is 6.92 Å². The third kappa shape index (κ3) is 2.25. The zero-order chi connectivity index (χ0) is 16.7. The minimum atomic E-state index is -0.326. The van der Waals surface area contributed by atoms with E-state index < -0.39 is 0 Å². The van der Waals surface area contributed by atoms with Crippen LogP contribution in [0.25, 0.3) is 27.9 Å². The van der Waals surface area contributed by atoms with Gasteiger partial charge in [-0.15, -0.1) is 0 Å². The van der Waals surface area contributed by atoms with Gasteiger partial charge in [-0.05, 0) is 38.1 Å². The summed E-state index contributed by atoms with van der Waals surface area (Å²) in [4.78, 5) is 20.0. The Kier molecular flexibility index (Phi) is 3.34. The lowest BCUT2D eigenvalue weighted by atomic mass is 10.2. The standard InChI is InChI=1S/C19H17N3O2.H2/c1-3-24-19(23)14-8-9-22-12(2)18(21-17(22)11-14)16-10-13-6-4-5-7-15(13)20-16;/h4-11,20H,3H2,1-2H3;1H. The van der Waals surface area contributed by atoms with Crippen LogP contribution in [0.4, 0.5) is 0 Å². The van der Waals surface area contributed by atoms with E-state index in [-0.39, 0.29) is 7.40 Å². The van der Waals surface area contributed by atoms with Gasteiger partial charge < -0.3 is 14.1 Å². The molecule has 0 unspecified atom stereocenters. The number of aromatic amines is 1. The van der Waals surface area contributed by atoms with Crippen molar-refractivity contribution >= 4 is 22.5 Å². The number of para-hydroxylation sites is 1. The molecule has 3 heterocycles. The summed E-state index contributed by atoms with van der Waals surface area (Å²) in [5, 5.41) is 1.15. The maximum atomic E-state index is 11.9. The molecular formula is C19H19N3O2. The number of nitrogens with one attached hydrogen (secondary N) is 1. The number of hydrogen-bond acceptors (Lipinski definition) is 3. The van der Waals surface area contributed by atoms with Crippen LogP contribution in [-0.4, -0.2) is 26.9 Å². The minimum absolute atomic E-state index is 0. The van der Waals surface area contributed by atoms with Crippen LogP contribution in [0.3, 0.4) is 0 Å². The van der Waals surface area contributed by atoms with Crippen molar-refractivity contribution in [2.24, 2.45) is 0 Å². The van der Waals surface area contributed by atoms with Crippen LogP contribution in [0.5, 0.6) is 0 Å². The zero-order valence-corrected chi connectivity index (χ0v) is 13.5. The number of nitrogens with zero attached hydrogens (tertiary/aromatic N) is 2. The van der Waals surface area contributed by atoms with E-state index in [2.05, 4.69) is 17.1 Å². The molecule has 0 aliphatic rings. The number of ether oxygens (including phenoxy) is 1. The lowest BCUT2D eigenvalue weighted by Gasteiger charge is -2.02. The normalized spacial score (nSPS) is 11.2. The first kappa shape index (κ1) is 14.5. The Morgan fingerprint density at radius 2 is 2.12 bits per heavy atom. The molecule has 122 valence electrons. The molecule has 4 rings (SSSR count). The number of fused-ring (bicyclic) bond motifs is 2. The quantitative estimate of drug-likeness (QED) is 0.575. The fraction of sp³-hybridized carbons (Fsp3) is 0.158. The van der Waals surface area contributed by atoms with E-state index in [0.29, 0.717) is 12.2 Å². The monoisotopic (exact) mass is 321 g/mol. The Hall–Kier alpha value is -3.08. The molecule has 0 aliphatic heterocycles. The number of carbonyl (C=O) groups is 1. The number of benzene rings is 1. The highest BCUT2D eigenvalue weighted by Crippen LogP contribution is 2.27. The van der Waals surface area contributed by atoms with Gasteiger partial charge in [-0.2, -0.15) is 0 Å². The van der Waals surface area contributed by atoms with Crippen LogP contribution in [0.15, 0.2) is 48.7 Å². The van der Waals surface area contributed by atoms with Crippen molar-refractivity contribution in [1.82, 2.24) is 14.4 Å². The zero-order valence-electron chi connectivity index (χ0n) is 13.5. The number of carbonyl (C=O) groups excluding carboxylic acids is 1. The molecule has 0 amide bonds.